The molecule has 1 aromatic carbocycles. The van der Waals surface area contributed by atoms with Crippen LogP contribution < -0.4 is 20.3 Å². The number of amides is 1. The molecule has 1 fully saturated rings. The molecular formula is C19H25ClN6O2. The Bertz CT molecular complexity index is 794. The van der Waals surface area contributed by atoms with Crippen molar-refractivity contribution in [2.75, 3.05) is 61.9 Å². The molecule has 0 atom stereocenters. The fraction of sp³-hybridized carbons (Fsp3) is 0.421. The fourth-order valence-electron chi connectivity index (χ4n) is 3.13. The average Bonchev–Trinajstić information content (AvgIpc) is 2.70. The Morgan fingerprint density at radius 3 is 2.54 bits per heavy atom. The van der Waals surface area contributed by atoms with E-state index in [1.165, 1.54) is 6.33 Å². The third kappa shape index (κ3) is 5.02. The van der Waals surface area contributed by atoms with Gasteiger partial charge in [-0.25, -0.2) is 9.97 Å². The van der Waals surface area contributed by atoms with Gasteiger partial charge in [-0.3, -0.25) is 9.69 Å². The van der Waals surface area contributed by atoms with E-state index in [0.717, 1.165) is 49.1 Å². The molecular weight excluding hydrogens is 380 g/mol. The van der Waals surface area contributed by atoms with E-state index in [2.05, 4.69) is 30.4 Å². The van der Waals surface area contributed by atoms with Crippen molar-refractivity contribution in [3.8, 4) is 5.75 Å². The zero-order valence-electron chi connectivity index (χ0n) is 16.1. The Kier molecular flexibility index (Phi) is 6.89. The molecule has 2 aromatic rings. The molecule has 0 saturated carbocycles. The Labute approximate surface area is 169 Å². The second kappa shape index (κ2) is 9.57. The van der Waals surface area contributed by atoms with Crippen LogP contribution in [0.1, 0.15) is 6.92 Å². The van der Waals surface area contributed by atoms with E-state index in [9.17, 15) is 4.79 Å². The Morgan fingerprint density at radius 2 is 1.89 bits per heavy atom. The molecule has 0 spiro atoms. The van der Waals surface area contributed by atoms with Crippen LogP contribution in [0.2, 0.25) is 5.15 Å². The minimum atomic E-state index is -0.0291. The number of nitrogens with one attached hydrogen (secondary N) is 2. The summed E-state index contributed by atoms with van der Waals surface area (Å²) in [4.78, 5) is 25.0. The molecule has 28 heavy (non-hydrogen) atoms. The minimum Gasteiger partial charge on any atom is -0.494 e. The van der Waals surface area contributed by atoms with Gasteiger partial charge in [-0.05, 0) is 31.2 Å². The summed E-state index contributed by atoms with van der Waals surface area (Å²) in [6, 6.07) is 7.39. The smallest absolute Gasteiger partial charge is 0.238 e. The summed E-state index contributed by atoms with van der Waals surface area (Å²) < 4.78 is 5.41. The van der Waals surface area contributed by atoms with Crippen molar-refractivity contribution < 1.29 is 9.53 Å². The Morgan fingerprint density at radius 1 is 1.18 bits per heavy atom. The molecule has 150 valence electrons. The molecule has 0 bridgehead atoms. The number of ether oxygens (including phenoxy) is 1. The molecule has 1 amide bonds. The summed E-state index contributed by atoms with van der Waals surface area (Å²) in [5.74, 6) is 1.56. The number of carbonyl (C=O) groups is 1. The molecule has 0 radical (unpaired) electrons. The standard InChI is InChI=1S/C19H25ClN6O2/c1-3-28-15-6-4-14(5-7-15)24-16(27)12-25-8-10-26(11-9-25)19-17(21-2)18(20)22-13-23-19/h4-7,13,21H,3,8-12H2,1-2H3,(H,24,27). The quantitative estimate of drug-likeness (QED) is 0.685. The third-order valence-corrected chi connectivity index (χ3v) is 4.81. The van der Waals surface area contributed by atoms with Crippen molar-refractivity contribution in [3.63, 3.8) is 0 Å². The van der Waals surface area contributed by atoms with Crippen LogP contribution in [0, 0.1) is 0 Å². The van der Waals surface area contributed by atoms with Crippen molar-refractivity contribution in [2.45, 2.75) is 6.92 Å². The lowest BCUT2D eigenvalue weighted by Gasteiger charge is -2.35. The third-order valence-electron chi connectivity index (χ3n) is 4.52. The Hall–Kier alpha value is -2.58. The topological polar surface area (TPSA) is 82.6 Å². The summed E-state index contributed by atoms with van der Waals surface area (Å²) in [7, 11) is 1.80. The number of benzene rings is 1. The monoisotopic (exact) mass is 404 g/mol. The molecule has 0 aliphatic carbocycles. The summed E-state index contributed by atoms with van der Waals surface area (Å²) in [6.45, 7) is 5.97. The number of anilines is 3. The number of halogens is 1. The lowest BCUT2D eigenvalue weighted by molar-refractivity contribution is -0.117. The average molecular weight is 405 g/mol. The highest BCUT2D eigenvalue weighted by molar-refractivity contribution is 6.32. The minimum absolute atomic E-state index is 0.0291. The molecule has 8 nitrogen and oxygen atoms in total. The van der Waals surface area contributed by atoms with Gasteiger partial charge in [0.15, 0.2) is 11.0 Å². The number of carbonyl (C=O) groups excluding carboxylic acids is 1. The molecule has 9 heteroatoms. The molecule has 1 aromatic heterocycles. The fourth-order valence-corrected chi connectivity index (χ4v) is 3.36. The summed E-state index contributed by atoms with van der Waals surface area (Å²) in [5.41, 5.74) is 1.49. The van der Waals surface area contributed by atoms with Crippen molar-refractivity contribution in [1.82, 2.24) is 14.9 Å². The predicted octanol–water partition coefficient (Wildman–Crippen LogP) is 2.33. The SMILES string of the molecule is CCOc1ccc(NC(=O)CN2CCN(c3ncnc(Cl)c3NC)CC2)cc1. The normalized spacial score (nSPS) is 14.6. The van der Waals surface area contributed by atoms with Crippen LogP contribution in [-0.2, 0) is 4.79 Å². The molecule has 1 aliphatic rings. The van der Waals surface area contributed by atoms with Gasteiger partial charge in [-0.2, -0.15) is 0 Å². The lowest BCUT2D eigenvalue weighted by Crippen LogP contribution is -2.49. The van der Waals surface area contributed by atoms with Crippen LogP contribution in [0.3, 0.4) is 0 Å². The van der Waals surface area contributed by atoms with E-state index in [-0.39, 0.29) is 5.91 Å². The number of hydrogen-bond acceptors (Lipinski definition) is 7. The van der Waals surface area contributed by atoms with E-state index in [4.69, 9.17) is 16.3 Å². The number of nitrogens with zero attached hydrogens (tertiary/aromatic N) is 4. The van der Waals surface area contributed by atoms with Crippen LogP contribution in [0.25, 0.3) is 0 Å². The van der Waals surface area contributed by atoms with Crippen molar-refractivity contribution in [3.05, 3.63) is 35.7 Å². The molecule has 3 rings (SSSR count). The van der Waals surface area contributed by atoms with Crippen LogP contribution in [0.5, 0.6) is 5.75 Å². The van der Waals surface area contributed by atoms with Gasteiger partial charge in [-0.1, -0.05) is 11.6 Å². The zero-order chi connectivity index (χ0) is 19.9. The Balaban J connectivity index is 1.50. The van der Waals surface area contributed by atoms with Gasteiger partial charge in [0, 0.05) is 38.9 Å². The molecule has 1 saturated heterocycles. The van der Waals surface area contributed by atoms with Gasteiger partial charge in [0.05, 0.1) is 13.2 Å². The highest BCUT2D eigenvalue weighted by atomic mass is 35.5. The first-order chi connectivity index (χ1) is 13.6. The number of aromatic nitrogens is 2. The predicted molar refractivity (Wildman–Crippen MR) is 111 cm³/mol. The van der Waals surface area contributed by atoms with Crippen molar-refractivity contribution in [2.24, 2.45) is 0 Å². The number of piperazine rings is 1. The van der Waals surface area contributed by atoms with Gasteiger partial charge >= 0.3 is 0 Å². The van der Waals surface area contributed by atoms with E-state index in [0.29, 0.717) is 18.3 Å². The lowest BCUT2D eigenvalue weighted by atomic mass is 10.2. The van der Waals surface area contributed by atoms with Gasteiger partial charge in [0.25, 0.3) is 0 Å². The van der Waals surface area contributed by atoms with Crippen LogP contribution in [0.4, 0.5) is 17.2 Å². The molecule has 0 unspecified atom stereocenters. The molecule has 2 heterocycles. The van der Waals surface area contributed by atoms with Crippen molar-refractivity contribution in [1.29, 1.82) is 0 Å². The first kappa shape index (κ1) is 20.2. The maximum atomic E-state index is 12.3. The van der Waals surface area contributed by atoms with E-state index >= 15 is 0 Å². The van der Waals surface area contributed by atoms with E-state index in [1.807, 2.05) is 31.2 Å². The first-order valence-electron chi connectivity index (χ1n) is 9.29. The van der Waals surface area contributed by atoms with E-state index in [1.54, 1.807) is 7.05 Å². The van der Waals surface area contributed by atoms with Crippen LogP contribution >= 0.6 is 11.6 Å². The number of hydrogen-bond donors (Lipinski definition) is 2. The summed E-state index contributed by atoms with van der Waals surface area (Å²) in [5, 5.41) is 6.39. The summed E-state index contributed by atoms with van der Waals surface area (Å²) >= 11 is 6.14. The highest BCUT2D eigenvalue weighted by Crippen LogP contribution is 2.29. The van der Waals surface area contributed by atoms with E-state index < -0.39 is 0 Å². The maximum absolute atomic E-state index is 12.3. The van der Waals surface area contributed by atoms with Gasteiger partial charge in [0.2, 0.25) is 5.91 Å². The summed E-state index contributed by atoms with van der Waals surface area (Å²) in [6.07, 6.45) is 1.47. The van der Waals surface area contributed by atoms with Crippen LogP contribution in [-0.4, -0.2) is 67.2 Å². The molecule has 2 N–H and O–H groups in total. The zero-order valence-corrected chi connectivity index (χ0v) is 16.9. The highest BCUT2D eigenvalue weighted by Gasteiger charge is 2.22. The largest absolute Gasteiger partial charge is 0.494 e. The maximum Gasteiger partial charge on any atom is 0.238 e. The second-order valence-electron chi connectivity index (χ2n) is 6.38. The second-order valence-corrected chi connectivity index (χ2v) is 6.74. The first-order valence-corrected chi connectivity index (χ1v) is 9.66. The molecule has 1 aliphatic heterocycles. The van der Waals surface area contributed by atoms with Crippen LogP contribution in [0.15, 0.2) is 30.6 Å². The van der Waals surface area contributed by atoms with Gasteiger partial charge in [-0.15, -0.1) is 0 Å². The van der Waals surface area contributed by atoms with Crippen molar-refractivity contribution >= 4 is 34.7 Å². The van der Waals surface area contributed by atoms with Gasteiger partial charge in [0.1, 0.15) is 17.8 Å². The number of rotatable bonds is 7. The van der Waals surface area contributed by atoms with Gasteiger partial charge < -0.3 is 20.3 Å².